The average molecular weight is 388 g/mol. The molecule has 0 saturated carbocycles. The summed E-state index contributed by atoms with van der Waals surface area (Å²) in [6.07, 6.45) is 1.29. The molecule has 1 aliphatic rings. The maximum atomic E-state index is 13.3. The van der Waals surface area contributed by atoms with Gasteiger partial charge < -0.3 is 4.90 Å². The summed E-state index contributed by atoms with van der Waals surface area (Å²) in [5.41, 5.74) is 0.731. The molecule has 0 unspecified atom stereocenters. The normalized spacial score (nSPS) is 14.9. The summed E-state index contributed by atoms with van der Waals surface area (Å²) in [5.74, 6) is 0.304. The molecule has 27 heavy (non-hydrogen) atoms. The number of hydrogen-bond acceptors (Lipinski definition) is 5. The first-order valence-corrected chi connectivity index (χ1v) is 9.23. The maximum Gasteiger partial charge on any atom is 0.433 e. The molecule has 4 heterocycles. The Morgan fingerprint density at radius 1 is 1.11 bits per heavy atom. The molecular weight excluding hydrogens is 373 g/mol. The van der Waals surface area contributed by atoms with Crippen molar-refractivity contribution in [3.8, 4) is 11.4 Å². The number of hydrogen-bond donors (Lipinski definition) is 0. The number of thiophene rings is 1. The zero-order valence-electron chi connectivity index (χ0n) is 14.1. The van der Waals surface area contributed by atoms with Gasteiger partial charge in [0.2, 0.25) is 0 Å². The summed E-state index contributed by atoms with van der Waals surface area (Å²) >= 11 is 1.66. The predicted molar refractivity (Wildman–Crippen MR) is 99.4 cm³/mol. The highest BCUT2D eigenvalue weighted by Crippen LogP contribution is 2.33. The van der Waals surface area contributed by atoms with Gasteiger partial charge in [0.25, 0.3) is 0 Å². The zero-order chi connectivity index (χ0) is 18.9. The molecule has 138 valence electrons. The number of rotatable bonds is 3. The standard InChI is InChI=1S/C19H15F3N4S/c20-19(21,22)16-11-17(25-18(24-16)14-3-1-7-23-12-14)26-8-5-13(6-9-26)15-4-2-10-27-15/h1-5,7,10-12H,6,8-9H2. The minimum atomic E-state index is -4.54. The van der Waals surface area contributed by atoms with Gasteiger partial charge in [-0.1, -0.05) is 12.1 Å². The molecule has 4 nitrogen and oxygen atoms in total. The van der Waals surface area contributed by atoms with Crippen molar-refractivity contribution in [1.82, 2.24) is 15.0 Å². The van der Waals surface area contributed by atoms with E-state index in [1.54, 1.807) is 29.7 Å². The van der Waals surface area contributed by atoms with Gasteiger partial charge in [-0.2, -0.15) is 13.2 Å². The number of pyridine rings is 1. The number of alkyl halides is 3. The van der Waals surface area contributed by atoms with E-state index >= 15 is 0 Å². The molecule has 0 radical (unpaired) electrons. The summed E-state index contributed by atoms with van der Waals surface area (Å²) in [6.45, 7) is 1.11. The molecule has 0 bridgehead atoms. The third-order valence-electron chi connectivity index (χ3n) is 4.29. The second kappa shape index (κ2) is 7.11. The van der Waals surface area contributed by atoms with Crippen LogP contribution in [0.2, 0.25) is 0 Å². The summed E-state index contributed by atoms with van der Waals surface area (Å²) in [4.78, 5) is 15.1. The summed E-state index contributed by atoms with van der Waals surface area (Å²) in [5, 5.41) is 2.02. The molecule has 0 atom stereocenters. The lowest BCUT2D eigenvalue weighted by atomic mass is 10.1. The molecule has 8 heteroatoms. The molecule has 1 aliphatic heterocycles. The van der Waals surface area contributed by atoms with Crippen LogP contribution in [0.1, 0.15) is 17.0 Å². The van der Waals surface area contributed by atoms with Crippen molar-refractivity contribution in [1.29, 1.82) is 0 Å². The first-order chi connectivity index (χ1) is 13.0. The van der Waals surface area contributed by atoms with Crippen molar-refractivity contribution in [2.75, 3.05) is 18.0 Å². The van der Waals surface area contributed by atoms with Gasteiger partial charge >= 0.3 is 6.18 Å². The highest BCUT2D eigenvalue weighted by atomic mass is 32.1. The topological polar surface area (TPSA) is 41.9 Å². The lowest BCUT2D eigenvalue weighted by Gasteiger charge is -2.28. The van der Waals surface area contributed by atoms with E-state index < -0.39 is 11.9 Å². The van der Waals surface area contributed by atoms with Crippen molar-refractivity contribution in [2.45, 2.75) is 12.6 Å². The van der Waals surface area contributed by atoms with Crippen LogP contribution in [-0.2, 0) is 6.18 Å². The summed E-state index contributed by atoms with van der Waals surface area (Å²) in [6, 6.07) is 8.36. The van der Waals surface area contributed by atoms with Crippen molar-refractivity contribution >= 4 is 22.7 Å². The van der Waals surface area contributed by atoms with E-state index in [2.05, 4.69) is 27.1 Å². The third-order valence-corrected chi connectivity index (χ3v) is 5.24. The Balaban J connectivity index is 1.68. The molecule has 0 aliphatic carbocycles. The van der Waals surface area contributed by atoms with Crippen LogP contribution >= 0.6 is 11.3 Å². The second-order valence-corrected chi connectivity index (χ2v) is 7.02. The fourth-order valence-corrected chi connectivity index (χ4v) is 3.73. The van der Waals surface area contributed by atoms with E-state index in [1.165, 1.54) is 16.6 Å². The van der Waals surface area contributed by atoms with Crippen molar-refractivity contribution in [2.24, 2.45) is 0 Å². The second-order valence-electron chi connectivity index (χ2n) is 6.08. The Hall–Kier alpha value is -2.74. The van der Waals surface area contributed by atoms with Crippen LogP contribution in [0.25, 0.3) is 17.0 Å². The maximum absolute atomic E-state index is 13.3. The first-order valence-electron chi connectivity index (χ1n) is 8.35. The fourth-order valence-electron chi connectivity index (χ4n) is 2.93. The van der Waals surface area contributed by atoms with Crippen LogP contribution in [0, 0.1) is 0 Å². The lowest BCUT2D eigenvalue weighted by Crippen LogP contribution is -2.29. The lowest BCUT2D eigenvalue weighted by molar-refractivity contribution is -0.141. The summed E-state index contributed by atoms with van der Waals surface area (Å²) in [7, 11) is 0. The largest absolute Gasteiger partial charge is 0.433 e. The minimum absolute atomic E-state index is 0.0287. The molecule has 3 aromatic heterocycles. The Labute approximate surface area is 158 Å². The van der Waals surface area contributed by atoms with Crippen LogP contribution in [0.3, 0.4) is 0 Å². The zero-order valence-corrected chi connectivity index (χ0v) is 15.0. The van der Waals surface area contributed by atoms with Gasteiger partial charge in [0.15, 0.2) is 11.5 Å². The third kappa shape index (κ3) is 3.85. The van der Waals surface area contributed by atoms with E-state index in [9.17, 15) is 13.2 Å². The van der Waals surface area contributed by atoms with E-state index in [0.29, 0.717) is 18.7 Å². The van der Waals surface area contributed by atoms with Crippen LogP contribution < -0.4 is 4.90 Å². The smallest absolute Gasteiger partial charge is 0.352 e. The Bertz CT molecular complexity index is 953. The van der Waals surface area contributed by atoms with Crippen LogP contribution in [0.4, 0.5) is 19.0 Å². The van der Waals surface area contributed by atoms with Crippen LogP contribution in [0.5, 0.6) is 0 Å². The van der Waals surface area contributed by atoms with Gasteiger partial charge in [-0.05, 0) is 35.6 Å². The first kappa shape index (κ1) is 17.7. The van der Waals surface area contributed by atoms with Crippen molar-refractivity contribution in [3.05, 3.63) is 64.8 Å². The van der Waals surface area contributed by atoms with E-state index in [4.69, 9.17) is 0 Å². The van der Waals surface area contributed by atoms with E-state index in [1.807, 2.05) is 16.3 Å². The van der Waals surface area contributed by atoms with E-state index in [-0.39, 0.29) is 11.6 Å². The summed E-state index contributed by atoms with van der Waals surface area (Å²) < 4.78 is 40.0. The Morgan fingerprint density at radius 2 is 2.00 bits per heavy atom. The molecule has 0 aromatic carbocycles. The van der Waals surface area contributed by atoms with Crippen LogP contribution in [0.15, 0.2) is 54.2 Å². The van der Waals surface area contributed by atoms with E-state index in [0.717, 1.165) is 12.5 Å². The molecule has 0 saturated heterocycles. The molecule has 0 N–H and O–H groups in total. The molecule has 0 fully saturated rings. The number of nitrogens with zero attached hydrogens (tertiary/aromatic N) is 4. The number of aromatic nitrogens is 3. The van der Waals surface area contributed by atoms with Crippen molar-refractivity contribution in [3.63, 3.8) is 0 Å². The highest BCUT2D eigenvalue weighted by Gasteiger charge is 2.34. The SMILES string of the molecule is FC(F)(F)c1cc(N2CC=C(c3cccs3)CC2)nc(-c2cccnc2)n1. The van der Waals surface area contributed by atoms with Crippen molar-refractivity contribution < 1.29 is 13.2 Å². The molecule has 4 rings (SSSR count). The quantitative estimate of drug-likeness (QED) is 0.639. The number of halogens is 3. The predicted octanol–water partition coefficient (Wildman–Crippen LogP) is 4.91. The molecule has 0 amide bonds. The molecule has 0 spiro atoms. The monoisotopic (exact) mass is 388 g/mol. The fraction of sp³-hybridized carbons (Fsp3) is 0.211. The Morgan fingerprint density at radius 3 is 2.63 bits per heavy atom. The average Bonchev–Trinajstić information content (AvgIpc) is 3.23. The van der Waals surface area contributed by atoms with Gasteiger partial charge in [-0.3, -0.25) is 4.98 Å². The Kier molecular flexibility index (Phi) is 4.65. The van der Waals surface area contributed by atoms with Crippen LogP contribution in [-0.4, -0.2) is 28.0 Å². The molecular formula is C19H15F3N4S. The van der Waals surface area contributed by atoms with Gasteiger partial charge in [0.05, 0.1) is 0 Å². The van der Waals surface area contributed by atoms with Gasteiger partial charge in [-0.25, -0.2) is 9.97 Å². The minimum Gasteiger partial charge on any atom is -0.352 e. The van der Waals surface area contributed by atoms with Gasteiger partial charge in [0, 0.05) is 42.0 Å². The molecule has 3 aromatic rings. The van der Waals surface area contributed by atoms with Gasteiger partial charge in [0.1, 0.15) is 5.82 Å². The number of anilines is 1. The highest BCUT2D eigenvalue weighted by molar-refractivity contribution is 7.11. The van der Waals surface area contributed by atoms with Gasteiger partial charge in [-0.15, -0.1) is 11.3 Å².